The van der Waals surface area contributed by atoms with Gasteiger partial charge >= 0.3 is 5.97 Å². The van der Waals surface area contributed by atoms with Gasteiger partial charge in [-0.1, -0.05) is 42.5 Å². The van der Waals surface area contributed by atoms with Crippen LogP contribution in [-0.4, -0.2) is 54.4 Å². The molecule has 2 aromatic carbocycles. The van der Waals surface area contributed by atoms with Crippen LogP contribution in [0.25, 0.3) is 17.1 Å². The predicted molar refractivity (Wildman–Crippen MR) is 146 cm³/mol. The first kappa shape index (κ1) is 26.2. The van der Waals surface area contributed by atoms with Gasteiger partial charge in [0.15, 0.2) is 11.2 Å². The maximum atomic E-state index is 12.2. The lowest BCUT2D eigenvalue weighted by atomic mass is 10.2. The van der Waals surface area contributed by atoms with E-state index in [0.717, 1.165) is 23.3 Å². The second-order valence-electron chi connectivity index (χ2n) is 8.58. The number of nitrogens with zero attached hydrogens (tertiary/aromatic N) is 6. The van der Waals surface area contributed by atoms with Crippen LogP contribution >= 0.6 is 11.6 Å². The molecule has 0 unspecified atom stereocenters. The van der Waals surface area contributed by atoms with Gasteiger partial charge in [0.2, 0.25) is 5.88 Å². The zero-order valence-corrected chi connectivity index (χ0v) is 22.1. The summed E-state index contributed by atoms with van der Waals surface area (Å²) in [6.07, 6.45) is 5.45. The first-order valence-electron chi connectivity index (χ1n) is 12.5. The van der Waals surface area contributed by atoms with Gasteiger partial charge in [-0.15, -0.1) is 11.6 Å². The normalized spacial score (nSPS) is 11.0. The molecule has 5 aromatic rings. The van der Waals surface area contributed by atoms with E-state index < -0.39 is 5.97 Å². The molecule has 0 saturated heterocycles. The van der Waals surface area contributed by atoms with Crippen molar-refractivity contribution in [3.05, 3.63) is 90.0 Å². The Bertz CT molecular complexity index is 1540. The maximum Gasteiger partial charge on any atom is 0.341 e. The highest BCUT2D eigenvalue weighted by molar-refractivity contribution is 6.17. The number of alkyl halides is 1. The Hall–Kier alpha value is -4.44. The molecule has 0 bridgehead atoms. The Morgan fingerprint density at radius 1 is 1.00 bits per heavy atom. The van der Waals surface area contributed by atoms with Crippen LogP contribution in [0.3, 0.4) is 0 Å². The van der Waals surface area contributed by atoms with Crippen molar-refractivity contribution < 1.29 is 19.0 Å². The minimum absolute atomic E-state index is 0.242. The molecule has 0 amide bonds. The van der Waals surface area contributed by atoms with E-state index in [1.165, 1.54) is 17.1 Å². The number of carbonyl (C=O) groups is 1. The van der Waals surface area contributed by atoms with Gasteiger partial charge in [-0.25, -0.2) is 14.5 Å². The number of ether oxygens (including phenoxy) is 3. The van der Waals surface area contributed by atoms with Gasteiger partial charge in [-0.05, 0) is 36.6 Å². The standard InChI is InChI=1S/C28H27ClN6O4/c1-2-37-27(36)22-15-31-35(17-22)28-32-25-24(26(33-28)39-18-21-7-4-3-5-8-21)30-19-34(25)16-20-9-11-23(12-10-20)38-14-6-13-29/h3-5,7-12,15,17,19H,2,6,13-14,16,18H2,1H3. The van der Waals surface area contributed by atoms with Crippen molar-refractivity contribution in [1.82, 2.24) is 29.3 Å². The molecule has 0 aliphatic rings. The zero-order valence-electron chi connectivity index (χ0n) is 21.4. The monoisotopic (exact) mass is 546 g/mol. The quantitative estimate of drug-likeness (QED) is 0.124. The number of rotatable bonds is 12. The first-order chi connectivity index (χ1) is 19.1. The summed E-state index contributed by atoms with van der Waals surface area (Å²) < 4.78 is 20.2. The molecule has 5 rings (SSSR count). The number of hydrogen-bond donors (Lipinski definition) is 0. The molecule has 200 valence electrons. The van der Waals surface area contributed by atoms with E-state index in [0.29, 0.717) is 48.2 Å². The molecule has 11 heteroatoms. The number of aromatic nitrogens is 6. The summed E-state index contributed by atoms with van der Waals surface area (Å²) in [5, 5.41) is 4.28. The number of carbonyl (C=O) groups excluding carboxylic acids is 1. The fourth-order valence-corrected chi connectivity index (χ4v) is 3.95. The van der Waals surface area contributed by atoms with Gasteiger partial charge < -0.3 is 18.8 Å². The number of fused-ring (bicyclic) bond motifs is 1. The third-order valence-electron chi connectivity index (χ3n) is 5.76. The fourth-order valence-electron chi connectivity index (χ4n) is 3.84. The van der Waals surface area contributed by atoms with Crippen molar-refractivity contribution in [2.45, 2.75) is 26.5 Å². The number of benzene rings is 2. The number of halogens is 1. The molecule has 0 radical (unpaired) electrons. The molecule has 39 heavy (non-hydrogen) atoms. The Labute approximate surface area is 230 Å². The zero-order chi connectivity index (χ0) is 27.0. The van der Waals surface area contributed by atoms with Gasteiger partial charge in [-0.3, -0.25) is 0 Å². The molecule has 0 spiro atoms. The van der Waals surface area contributed by atoms with Crippen molar-refractivity contribution in [2.24, 2.45) is 0 Å². The van der Waals surface area contributed by atoms with Gasteiger partial charge in [-0.2, -0.15) is 15.1 Å². The van der Waals surface area contributed by atoms with E-state index in [1.807, 2.05) is 59.2 Å². The van der Waals surface area contributed by atoms with Crippen LogP contribution in [0.5, 0.6) is 11.6 Å². The predicted octanol–water partition coefficient (Wildman–Crippen LogP) is 4.82. The van der Waals surface area contributed by atoms with Crippen LogP contribution in [0.1, 0.15) is 34.8 Å². The molecular weight excluding hydrogens is 520 g/mol. The lowest BCUT2D eigenvalue weighted by Crippen LogP contribution is -2.08. The molecule has 0 fully saturated rings. The van der Waals surface area contributed by atoms with Crippen LogP contribution in [0.15, 0.2) is 73.3 Å². The Kier molecular flexibility index (Phi) is 8.33. The topological polar surface area (TPSA) is 106 Å². The second-order valence-corrected chi connectivity index (χ2v) is 8.95. The summed E-state index contributed by atoms with van der Waals surface area (Å²) in [6, 6.07) is 17.6. The Morgan fingerprint density at radius 3 is 2.59 bits per heavy atom. The van der Waals surface area contributed by atoms with Gasteiger partial charge in [0.05, 0.1) is 37.8 Å². The van der Waals surface area contributed by atoms with Crippen LogP contribution in [0.4, 0.5) is 0 Å². The molecule has 3 heterocycles. The van der Waals surface area contributed by atoms with Crippen LogP contribution in [-0.2, 0) is 17.9 Å². The number of imidazole rings is 1. The summed E-state index contributed by atoms with van der Waals surface area (Å²) in [7, 11) is 0. The molecular formula is C28H27ClN6O4. The van der Waals surface area contributed by atoms with Crippen LogP contribution < -0.4 is 9.47 Å². The van der Waals surface area contributed by atoms with Crippen LogP contribution in [0, 0.1) is 0 Å². The lowest BCUT2D eigenvalue weighted by Gasteiger charge is -2.10. The second kappa shape index (κ2) is 12.4. The summed E-state index contributed by atoms with van der Waals surface area (Å²) in [4.78, 5) is 26.0. The fraction of sp³-hybridized carbons (Fsp3) is 0.250. The molecule has 10 nitrogen and oxygen atoms in total. The highest BCUT2D eigenvalue weighted by atomic mass is 35.5. The third-order valence-corrected chi connectivity index (χ3v) is 6.03. The Balaban J connectivity index is 1.46. The van der Waals surface area contributed by atoms with Gasteiger partial charge in [0.1, 0.15) is 12.4 Å². The Morgan fingerprint density at radius 2 is 1.82 bits per heavy atom. The first-order valence-corrected chi connectivity index (χ1v) is 13.1. The maximum absolute atomic E-state index is 12.2. The third kappa shape index (κ3) is 6.35. The van der Waals surface area contributed by atoms with Gasteiger partial charge in [0.25, 0.3) is 5.95 Å². The SMILES string of the molecule is CCOC(=O)c1cnn(-c2nc(OCc3ccccc3)c3ncn(Cc4ccc(OCCCCl)cc4)c3n2)c1. The lowest BCUT2D eigenvalue weighted by molar-refractivity contribution is 0.0526. The van der Waals surface area contributed by atoms with Crippen molar-refractivity contribution in [3.63, 3.8) is 0 Å². The van der Waals surface area contributed by atoms with Crippen molar-refractivity contribution >= 4 is 28.7 Å². The minimum atomic E-state index is -0.467. The average molecular weight is 547 g/mol. The van der Waals surface area contributed by atoms with E-state index in [4.69, 9.17) is 30.8 Å². The summed E-state index contributed by atoms with van der Waals surface area (Å²) in [5.74, 6) is 1.44. The smallest absolute Gasteiger partial charge is 0.341 e. The molecule has 0 saturated carbocycles. The molecule has 0 aliphatic carbocycles. The summed E-state index contributed by atoms with van der Waals surface area (Å²) in [6.45, 7) is 3.41. The highest BCUT2D eigenvalue weighted by Crippen LogP contribution is 2.25. The number of hydrogen-bond acceptors (Lipinski definition) is 8. The molecule has 0 atom stereocenters. The summed E-state index contributed by atoms with van der Waals surface area (Å²) in [5.41, 5.74) is 3.42. The summed E-state index contributed by atoms with van der Waals surface area (Å²) >= 11 is 5.73. The van der Waals surface area contributed by atoms with E-state index in [1.54, 1.807) is 13.3 Å². The highest BCUT2D eigenvalue weighted by Gasteiger charge is 2.18. The van der Waals surface area contributed by atoms with Crippen molar-refractivity contribution in [3.8, 4) is 17.6 Å². The minimum Gasteiger partial charge on any atom is -0.494 e. The van der Waals surface area contributed by atoms with E-state index in [9.17, 15) is 4.79 Å². The van der Waals surface area contributed by atoms with Crippen LogP contribution in [0.2, 0.25) is 0 Å². The molecule has 3 aromatic heterocycles. The number of esters is 1. The van der Waals surface area contributed by atoms with Crippen molar-refractivity contribution in [1.29, 1.82) is 0 Å². The van der Waals surface area contributed by atoms with Crippen molar-refractivity contribution in [2.75, 3.05) is 19.1 Å². The van der Waals surface area contributed by atoms with E-state index in [2.05, 4.69) is 15.1 Å². The molecule has 0 aliphatic heterocycles. The average Bonchev–Trinajstić information content (AvgIpc) is 3.62. The van der Waals surface area contributed by atoms with E-state index >= 15 is 0 Å². The molecule has 0 N–H and O–H groups in total. The van der Waals surface area contributed by atoms with E-state index in [-0.39, 0.29) is 12.6 Å². The largest absolute Gasteiger partial charge is 0.494 e. The van der Waals surface area contributed by atoms with Gasteiger partial charge in [0, 0.05) is 12.1 Å².